The van der Waals surface area contributed by atoms with Crippen LogP contribution < -0.4 is 10.1 Å². The second-order valence-electron chi connectivity index (χ2n) is 5.28. The van der Waals surface area contributed by atoms with Gasteiger partial charge in [-0.3, -0.25) is 4.79 Å². The number of nitrogens with one attached hydrogen (secondary N) is 1. The summed E-state index contributed by atoms with van der Waals surface area (Å²) in [6, 6.07) is 5.63. The van der Waals surface area contributed by atoms with Crippen molar-refractivity contribution in [3.63, 3.8) is 0 Å². The number of aryl methyl sites for hydroxylation is 1. The lowest BCUT2D eigenvalue weighted by Crippen LogP contribution is -2.41. The van der Waals surface area contributed by atoms with Crippen LogP contribution in [0.25, 0.3) is 0 Å². The Hall–Kier alpha value is -1.55. The average Bonchev–Trinajstić information content (AvgIpc) is 2.40. The van der Waals surface area contributed by atoms with Crippen LogP contribution >= 0.6 is 0 Å². The van der Waals surface area contributed by atoms with E-state index >= 15 is 0 Å². The summed E-state index contributed by atoms with van der Waals surface area (Å²) in [5.41, 5.74) is 1.75. The highest BCUT2D eigenvalue weighted by molar-refractivity contribution is 5.81. The number of rotatable bonds is 6. The molecule has 0 spiro atoms. The molecule has 0 aliphatic rings. The van der Waals surface area contributed by atoms with Gasteiger partial charge in [-0.1, -0.05) is 13.0 Å². The fourth-order valence-electron chi connectivity index (χ4n) is 1.77. The molecule has 2 N–H and O–H groups in total. The first-order valence-electron chi connectivity index (χ1n) is 7.10. The summed E-state index contributed by atoms with van der Waals surface area (Å²) in [6.07, 6.45) is -0.158. The molecular weight excluding hydrogens is 254 g/mol. The fourth-order valence-corrected chi connectivity index (χ4v) is 1.77. The summed E-state index contributed by atoms with van der Waals surface area (Å²) in [7, 11) is 0. The van der Waals surface area contributed by atoms with Crippen molar-refractivity contribution in [1.29, 1.82) is 0 Å². The minimum absolute atomic E-state index is 0.113. The number of hydrogen-bond acceptors (Lipinski definition) is 3. The highest BCUT2D eigenvalue weighted by Gasteiger charge is 2.17. The number of carbonyl (C=O) groups excluding carboxylic acids is 1. The van der Waals surface area contributed by atoms with Crippen LogP contribution in [0, 0.1) is 6.92 Å². The molecule has 0 saturated carbocycles. The van der Waals surface area contributed by atoms with Crippen molar-refractivity contribution in [2.24, 2.45) is 0 Å². The number of carbonyl (C=O) groups is 1. The van der Waals surface area contributed by atoms with Crippen LogP contribution in [0.15, 0.2) is 18.2 Å². The van der Waals surface area contributed by atoms with Gasteiger partial charge in [-0.25, -0.2) is 0 Å². The lowest BCUT2D eigenvalue weighted by molar-refractivity contribution is -0.127. The molecule has 0 bridgehead atoms. The Bertz CT molecular complexity index is 457. The molecular formula is C16H25NO3. The number of amides is 1. The van der Waals surface area contributed by atoms with Crippen LogP contribution in [0.4, 0.5) is 0 Å². The van der Waals surface area contributed by atoms with Gasteiger partial charge in [0.25, 0.3) is 5.91 Å². The predicted octanol–water partition coefficient (Wildman–Crippen LogP) is 2.73. The van der Waals surface area contributed by atoms with Gasteiger partial charge < -0.3 is 15.2 Å². The largest absolute Gasteiger partial charge is 0.481 e. The van der Waals surface area contributed by atoms with E-state index in [9.17, 15) is 9.90 Å². The van der Waals surface area contributed by atoms with Crippen molar-refractivity contribution >= 4 is 5.91 Å². The SMILES string of the molecule is CCC(C)NC(=O)C(C)Oc1ccc(C(C)O)cc1C. The Morgan fingerprint density at radius 1 is 1.35 bits per heavy atom. The molecule has 112 valence electrons. The average molecular weight is 279 g/mol. The number of ether oxygens (including phenoxy) is 1. The van der Waals surface area contributed by atoms with Crippen LogP contribution in [-0.4, -0.2) is 23.2 Å². The number of hydrogen-bond donors (Lipinski definition) is 2. The number of aliphatic hydroxyl groups is 1. The Morgan fingerprint density at radius 2 is 2.00 bits per heavy atom. The van der Waals surface area contributed by atoms with E-state index in [2.05, 4.69) is 5.32 Å². The van der Waals surface area contributed by atoms with Crippen molar-refractivity contribution < 1.29 is 14.6 Å². The van der Waals surface area contributed by atoms with Crippen molar-refractivity contribution in [2.75, 3.05) is 0 Å². The van der Waals surface area contributed by atoms with Gasteiger partial charge in [0, 0.05) is 6.04 Å². The topological polar surface area (TPSA) is 58.6 Å². The van der Waals surface area contributed by atoms with Crippen LogP contribution in [0.5, 0.6) is 5.75 Å². The zero-order valence-electron chi connectivity index (χ0n) is 12.9. The highest BCUT2D eigenvalue weighted by atomic mass is 16.5. The van der Waals surface area contributed by atoms with Gasteiger partial charge in [0.05, 0.1) is 6.10 Å². The van der Waals surface area contributed by atoms with Crippen LogP contribution in [-0.2, 0) is 4.79 Å². The lowest BCUT2D eigenvalue weighted by atomic mass is 10.1. The van der Waals surface area contributed by atoms with Crippen molar-refractivity contribution in [2.45, 2.75) is 59.3 Å². The standard InChI is InChI=1S/C16H25NO3/c1-6-11(3)17-16(19)13(5)20-15-8-7-14(12(4)18)9-10(15)2/h7-9,11-13,18H,6H2,1-5H3,(H,17,19). The summed E-state index contributed by atoms with van der Waals surface area (Å²) in [5, 5.41) is 12.4. The van der Waals surface area contributed by atoms with E-state index in [1.807, 2.05) is 32.9 Å². The number of aliphatic hydroxyl groups excluding tert-OH is 1. The summed E-state index contributed by atoms with van der Waals surface area (Å²) >= 11 is 0. The third kappa shape index (κ3) is 4.53. The normalized spacial score (nSPS) is 15.3. The predicted molar refractivity (Wildman–Crippen MR) is 79.8 cm³/mol. The van der Waals surface area contributed by atoms with Crippen LogP contribution in [0.3, 0.4) is 0 Å². The Balaban J connectivity index is 2.71. The smallest absolute Gasteiger partial charge is 0.260 e. The number of benzene rings is 1. The Labute approximate surface area is 121 Å². The van der Waals surface area contributed by atoms with Gasteiger partial charge in [0.15, 0.2) is 6.10 Å². The summed E-state index contributed by atoms with van der Waals surface area (Å²) in [4.78, 5) is 11.9. The Kier molecular flexibility index (Phi) is 6.02. The van der Waals surface area contributed by atoms with Gasteiger partial charge >= 0.3 is 0 Å². The second-order valence-corrected chi connectivity index (χ2v) is 5.28. The molecule has 0 heterocycles. The molecule has 1 aromatic rings. The minimum atomic E-state index is -0.542. The molecule has 3 atom stereocenters. The van der Waals surface area contributed by atoms with Crippen molar-refractivity contribution in [3.05, 3.63) is 29.3 Å². The molecule has 0 aliphatic carbocycles. The molecule has 3 unspecified atom stereocenters. The van der Waals surface area contributed by atoms with E-state index < -0.39 is 12.2 Å². The Morgan fingerprint density at radius 3 is 2.50 bits per heavy atom. The molecule has 1 aromatic carbocycles. The third-order valence-electron chi connectivity index (χ3n) is 3.36. The van der Waals surface area contributed by atoms with E-state index in [4.69, 9.17) is 4.74 Å². The van der Waals surface area contributed by atoms with Crippen LogP contribution in [0.1, 0.15) is 51.3 Å². The van der Waals surface area contributed by atoms with Gasteiger partial charge in [-0.15, -0.1) is 0 Å². The maximum absolute atomic E-state index is 11.9. The third-order valence-corrected chi connectivity index (χ3v) is 3.36. The molecule has 1 rings (SSSR count). The first-order chi connectivity index (χ1) is 9.35. The van der Waals surface area contributed by atoms with Gasteiger partial charge in [0.1, 0.15) is 5.75 Å². The van der Waals surface area contributed by atoms with Gasteiger partial charge in [-0.05, 0) is 57.4 Å². The quantitative estimate of drug-likeness (QED) is 0.841. The maximum Gasteiger partial charge on any atom is 0.260 e. The summed E-state index contributed by atoms with van der Waals surface area (Å²) in [6.45, 7) is 9.35. The first-order valence-corrected chi connectivity index (χ1v) is 7.10. The molecule has 0 aliphatic heterocycles. The van der Waals surface area contributed by atoms with E-state index in [0.29, 0.717) is 5.75 Å². The van der Waals surface area contributed by atoms with Gasteiger partial charge in [-0.2, -0.15) is 0 Å². The molecule has 4 nitrogen and oxygen atoms in total. The van der Waals surface area contributed by atoms with E-state index in [0.717, 1.165) is 17.5 Å². The van der Waals surface area contributed by atoms with Crippen molar-refractivity contribution in [3.8, 4) is 5.75 Å². The zero-order valence-corrected chi connectivity index (χ0v) is 12.9. The zero-order chi connectivity index (χ0) is 15.3. The first kappa shape index (κ1) is 16.5. The minimum Gasteiger partial charge on any atom is -0.481 e. The van der Waals surface area contributed by atoms with E-state index in [1.165, 1.54) is 0 Å². The second kappa shape index (κ2) is 7.29. The molecule has 20 heavy (non-hydrogen) atoms. The molecule has 0 saturated heterocycles. The lowest BCUT2D eigenvalue weighted by Gasteiger charge is -2.19. The molecule has 4 heteroatoms. The van der Waals surface area contributed by atoms with E-state index in [-0.39, 0.29) is 11.9 Å². The van der Waals surface area contributed by atoms with E-state index in [1.54, 1.807) is 19.9 Å². The molecule has 0 aromatic heterocycles. The molecule has 0 radical (unpaired) electrons. The monoisotopic (exact) mass is 279 g/mol. The molecule has 1 amide bonds. The van der Waals surface area contributed by atoms with Crippen LogP contribution in [0.2, 0.25) is 0 Å². The van der Waals surface area contributed by atoms with Gasteiger partial charge in [0.2, 0.25) is 0 Å². The fraction of sp³-hybridized carbons (Fsp3) is 0.562. The summed E-state index contributed by atoms with van der Waals surface area (Å²) in [5.74, 6) is 0.555. The molecule has 0 fully saturated rings. The highest BCUT2D eigenvalue weighted by Crippen LogP contribution is 2.23. The van der Waals surface area contributed by atoms with Crippen molar-refractivity contribution in [1.82, 2.24) is 5.32 Å². The maximum atomic E-state index is 11.9. The summed E-state index contributed by atoms with van der Waals surface area (Å²) < 4.78 is 5.69.